The van der Waals surface area contributed by atoms with Gasteiger partial charge in [-0.05, 0) is 27.7 Å². The van der Waals surface area contributed by atoms with Crippen molar-refractivity contribution >= 4 is 5.96 Å². The van der Waals surface area contributed by atoms with Crippen LogP contribution < -0.4 is 10.6 Å². The molecule has 0 radical (unpaired) electrons. The third kappa shape index (κ3) is 5.13. The van der Waals surface area contributed by atoms with Crippen LogP contribution in [0, 0.1) is 0 Å². The fraction of sp³-hybridized carbons (Fsp3) is 0.800. The van der Waals surface area contributed by atoms with Crippen molar-refractivity contribution in [2.75, 3.05) is 33.2 Å². The molecule has 116 valence electrons. The zero-order valence-electron chi connectivity index (χ0n) is 13.6. The lowest BCUT2D eigenvalue weighted by molar-refractivity contribution is -0.0946. The number of ether oxygens (including phenoxy) is 1. The van der Waals surface area contributed by atoms with Crippen LogP contribution in [0.1, 0.15) is 27.7 Å². The van der Waals surface area contributed by atoms with Gasteiger partial charge in [-0.25, -0.2) is 0 Å². The van der Waals surface area contributed by atoms with Gasteiger partial charge in [-0.1, -0.05) is 6.08 Å². The molecule has 0 aromatic heterocycles. The summed E-state index contributed by atoms with van der Waals surface area (Å²) in [5.74, 6) is 0.812. The normalized spacial score (nSPS) is 25.4. The van der Waals surface area contributed by atoms with E-state index in [1.165, 1.54) is 0 Å². The first kappa shape index (κ1) is 17.0. The third-order valence-electron chi connectivity index (χ3n) is 3.60. The molecule has 20 heavy (non-hydrogen) atoms. The first-order chi connectivity index (χ1) is 9.39. The van der Waals surface area contributed by atoms with Crippen molar-refractivity contribution in [1.29, 1.82) is 0 Å². The van der Waals surface area contributed by atoms with Crippen LogP contribution in [-0.2, 0) is 4.74 Å². The van der Waals surface area contributed by atoms with Crippen molar-refractivity contribution in [2.24, 2.45) is 4.99 Å². The summed E-state index contributed by atoms with van der Waals surface area (Å²) >= 11 is 0. The monoisotopic (exact) mass is 282 g/mol. The molecule has 0 amide bonds. The molecule has 1 rings (SSSR count). The highest BCUT2D eigenvalue weighted by molar-refractivity contribution is 5.79. The molecule has 1 saturated heterocycles. The molecule has 0 aromatic rings. The summed E-state index contributed by atoms with van der Waals surface area (Å²) in [6, 6.07) is 0. The first-order valence-electron chi connectivity index (χ1n) is 7.35. The molecule has 2 N–H and O–H groups in total. The largest absolute Gasteiger partial charge is 0.373 e. The Hall–Kier alpha value is -1.07. The molecule has 0 bridgehead atoms. The van der Waals surface area contributed by atoms with Crippen molar-refractivity contribution in [3.63, 3.8) is 0 Å². The zero-order chi connectivity index (χ0) is 15.2. The van der Waals surface area contributed by atoms with Crippen LogP contribution in [-0.4, -0.2) is 61.8 Å². The number of guanidine groups is 1. The van der Waals surface area contributed by atoms with Crippen LogP contribution in [0.3, 0.4) is 0 Å². The number of hydrogen-bond donors (Lipinski definition) is 2. The Bertz CT molecular complexity index is 331. The number of morpholine rings is 1. The highest BCUT2D eigenvalue weighted by Crippen LogP contribution is 2.20. The summed E-state index contributed by atoms with van der Waals surface area (Å²) in [4.78, 5) is 6.69. The predicted molar refractivity (Wildman–Crippen MR) is 85.2 cm³/mol. The molecule has 1 aliphatic rings. The van der Waals surface area contributed by atoms with E-state index < -0.39 is 0 Å². The van der Waals surface area contributed by atoms with Gasteiger partial charge in [-0.3, -0.25) is 9.89 Å². The van der Waals surface area contributed by atoms with Crippen LogP contribution >= 0.6 is 0 Å². The first-order valence-corrected chi connectivity index (χ1v) is 7.35. The number of aliphatic imine (C=N–C) groups is 1. The van der Waals surface area contributed by atoms with Crippen molar-refractivity contribution in [1.82, 2.24) is 15.5 Å². The van der Waals surface area contributed by atoms with Gasteiger partial charge in [-0.15, -0.1) is 6.58 Å². The lowest BCUT2D eigenvalue weighted by Gasteiger charge is -2.45. The minimum absolute atomic E-state index is 0.0537. The molecule has 1 heterocycles. The van der Waals surface area contributed by atoms with E-state index in [-0.39, 0.29) is 17.7 Å². The Morgan fingerprint density at radius 1 is 1.35 bits per heavy atom. The Kier molecular flexibility index (Phi) is 6.49. The van der Waals surface area contributed by atoms with Crippen molar-refractivity contribution in [2.45, 2.75) is 45.4 Å². The highest BCUT2D eigenvalue weighted by Gasteiger charge is 2.33. The fourth-order valence-electron chi connectivity index (χ4n) is 2.47. The van der Waals surface area contributed by atoms with Crippen LogP contribution in [0.4, 0.5) is 0 Å². The topological polar surface area (TPSA) is 48.9 Å². The molecule has 1 aliphatic heterocycles. The van der Waals surface area contributed by atoms with E-state index in [0.717, 1.165) is 25.6 Å². The second kappa shape index (κ2) is 7.64. The quantitative estimate of drug-likeness (QED) is 0.452. The Morgan fingerprint density at radius 3 is 2.45 bits per heavy atom. The number of rotatable bonds is 5. The van der Waals surface area contributed by atoms with E-state index in [0.29, 0.717) is 6.54 Å². The lowest BCUT2D eigenvalue weighted by Crippen LogP contribution is -2.59. The summed E-state index contributed by atoms with van der Waals surface area (Å²) in [7, 11) is 1.78. The number of nitrogens with one attached hydrogen (secondary N) is 2. The van der Waals surface area contributed by atoms with Gasteiger partial charge >= 0.3 is 0 Å². The van der Waals surface area contributed by atoms with Gasteiger partial charge < -0.3 is 15.4 Å². The number of nitrogens with zero attached hydrogens (tertiary/aromatic N) is 2. The molecule has 1 fully saturated rings. The standard InChI is InChI=1S/C15H30N4O/c1-7-8-17-14(16-6)18-11-15(4,5)19-9-12(2)20-13(3)10-19/h7,12-13H,1,8-11H2,2-6H3,(H2,16,17,18). The molecule has 0 spiro atoms. The summed E-state index contributed by atoms with van der Waals surface area (Å²) in [5.41, 5.74) is 0.0537. The van der Waals surface area contributed by atoms with Crippen molar-refractivity contribution < 1.29 is 4.74 Å². The van der Waals surface area contributed by atoms with E-state index in [2.05, 4.69) is 54.8 Å². The van der Waals surface area contributed by atoms with Gasteiger partial charge in [0.25, 0.3) is 0 Å². The average Bonchev–Trinajstić information content (AvgIpc) is 2.38. The lowest BCUT2D eigenvalue weighted by atomic mass is 10.00. The molecule has 5 heteroatoms. The molecule has 5 nitrogen and oxygen atoms in total. The molecule has 0 aliphatic carbocycles. The zero-order valence-corrected chi connectivity index (χ0v) is 13.6. The van der Waals surface area contributed by atoms with Crippen LogP contribution in [0.2, 0.25) is 0 Å². The van der Waals surface area contributed by atoms with Gasteiger partial charge in [0.05, 0.1) is 12.2 Å². The summed E-state index contributed by atoms with van der Waals surface area (Å²) in [6.07, 6.45) is 2.40. The predicted octanol–water partition coefficient (Wildman–Crippen LogP) is 1.23. The number of hydrogen-bond acceptors (Lipinski definition) is 3. The van der Waals surface area contributed by atoms with Crippen LogP contribution in [0.25, 0.3) is 0 Å². The second-order valence-electron chi connectivity index (χ2n) is 6.07. The van der Waals surface area contributed by atoms with Gasteiger partial charge in [0, 0.05) is 38.8 Å². The fourth-order valence-corrected chi connectivity index (χ4v) is 2.47. The Balaban J connectivity index is 2.53. The molecule has 2 unspecified atom stereocenters. The minimum atomic E-state index is 0.0537. The van der Waals surface area contributed by atoms with E-state index in [4.69, 9.17) is 4.74 Å². The SMILES string of the molecule is C=CCNC(=NC)NCC(C)(C)N1CC(C)OC(C)C1. The maximum absolute atomic E-state index is 5.80. The summed E-state index contributed by atoms with van der Waals surface area (Å²) < 4.78 is 5.80. The van der Waals surface area contributed by atoms with E-state index in [1.807, 2.05) is 6.08 Å². The molecule has 0 saturated carbocycles. The van der Waals surface area contributed by atoms with Crippen LogP contribution in [0.15, 0.2) is 17.6 Å². The average molecular weight is 282 g/mol. The van der Waals surface area contributed by atoms with E-state index in [1.54, 1.807) is 7.05 Å². The van der Waals surface area contributed by atoms with Crippen molar-refractivity contribution in [3.8, 4) is 0 Å². The highest BCUT2D eigenvalue weighted by atomic mass is 16.5. The van der Waals surface area contributed by atoms with Gasteiger partial charge in [-0.2, -0.15) is 0 Å². The van der Waals surface area contributed by atoms with Gasteiger partial charge in [0.15, 0.2) is 5.96 Å². The Labute approximate surface area is 123 Å². The summed E-state index contributed by atoms with van der Waals surface area (Å²) in [6.45, 7) is 16.0. The van der Waals surface area contributed by atoms with E-state index in [9.17, 15) is 0 Å². The third-order valence-corrected chi connectivity index (χ3v) is 3.60. The maximum atomic E-state index is 5.80. The van der Waals surface area contributed by atoms with Crippen molar-refractivity contribution in [3.05, 3.63) is 12.7 Å². The van der Waals surface area contributed by atoms with Gasteiger partial charge in [0.2, 0.25) is 0 Å². The molecule has 0 aromatic carbocycles. The summed E-state index contributed by atoms with van der Waals surface area (Å²) in [5, 5.41) is 6.57. The van der Waals surface area contributed by atoms with E-state index >= 15 is 0 Å². The van der Waals surface area contributed by atoms with Gasteiger partial charge in [0.1, 0.15) is 0 Å². The minimum Gasteiger partial charge on any atom is -0.373 e. The second-order valence-corrected chi connectivity index (χ2v) is 6.07. The molecular formula is C15H30N4O. The molecule has 2 atom stereocenters. The van der Waals surface area contributed by atoms with Crippen LogP contribution in [0.5, 0.6) is 0 Å². The Morgan fingerprint density at radius 2 is 1.95 bits per heavy atom. The maximum Gasteiger partial charge on any atom is 0.191 e. The molecular weight excluding hydrogens is 252 g/mol. The smallest absolute Gasteiger partial charge is 0.191 e.